The molecule has 0 fully saturated rings. The number of halogens is 2. The van der Waals surface area contributed by atoms with E-state index in [-0.39, 0.29) is 18.8 Å². The van der Waals surface area contributed by atoms with Gasteiger partial charge in [0.25, 0.3) is 0 Å². The van der Waals surface area contributed by atoms with Crippen LogP contribution in [0.1, 0.15) is 25.8 Å². The predicted octanol–water partition coefficient (Wildman–Crippen LogP) is 2.64. The first-order chi connectivity index (χ1) is 9.28. The number of rotatable bonds is 5. The summed E-state index contributed by atoms with van der Waals surface area (Å²) in [6, 6.07) is 3.78. The summed E-state index contributed by atoms with van der Waals surface area (Å²) in [5.41, 5.74) is -0.616. The number of carbonyl (C=O) groups is 2. The van der Waals surface area contributed by atoms with E-state index in [1.165, 1.54) is 19.1 Å². The fourth-order valence-electron chi connectivity index (χ4n) is 1.42. The molecule has 2 amide bonds. The number of urea groups is 1. The van der Waals surface area contributed by atoms with Crippen molar-refractivity contribution in [1.82, 2.24) is 10.6 Å². The number of aliphatic carboxylic acids is 1. The van der Waals surface area contributed by atoms with E-state index in [0.717, 1.165) is 0 Å². The van der Waals surface area contributed by atoms with Gasteiger partial charge in [-0.15, -0.1) is 0 Å². The van der Waals surface area contributed by atoms with Gasteiger partial charge in [0.15, 0.2) is 0 Å². The summed E-state index contributed by atoms with van der Waals surface area (Å²) in [6.45, 7) is 3.28. The molecule has 20 heavy (non-hydrogen) atoms. The Kier molecular flexibility index (Phi) is 5.50. The topological polar surface area (TPSA) is 78.4 Å². The molecule has 7 heteroatoms. The number of carboxylic acids is 1. The van der Waals surface area contributed by atoms with E-state index in [9.17, 15) is 14.0 Å². The van der Waals surface area contributed by atoms with Gasteiger partial charge in [0.05, 0.1) is 4.47 Å². The van der Waals surface area contributed by atoms with Gasteiger partial charge in [-0.2, -0.15) is 0 Å². The minimum Gasteiger partial charge on any atom is -0.480 e. The summed E-state index contributed by atoms with van der Waals surface area (Å²) in [7, 11) is 0. The van der Waals surface area contributed by atoms with Crippen LogP contribution in [0.4, 0.5) is 9.18 Å². The van der Waals surface area contributed by atoms with E-state index in [1.807, 2.05) is 0 Å². The molecule has 110 valence electrons. The van der Waals surface area contributed by atoms with Crippen molar-refractivity contribution in [1.29, 1.82) is 0 Å². The Morgan fingerprint density at radius 2 is 2.10 bits per heavy atom. The number of carboxylic acid groups (broad SMARTS) is 1. The first-order valence-corrected chi connectivity index (χ1v) is 6.81. The van der Waals surface area contributed by atoms with E-state index < -0.39 is 17.5 Å². The molecule has 0 aromatic heterocycles. The van der Waals surface area contributed by atoms with Crippen molar-refractivity contribution in [2.75, 3.05) is 0 Å². The lowest BCUT2D eigenvalue weighted by molar-refractivity contribution is -0.143. The lowest BCUT2D eigenvalue weighted by Crippen LogP contribution is -2.54. The largest absolute Gasteiger partial charge is 0.480 e. The number of hydrogen-bond acceptors (Lipinski definition) is 2. The average molecular weight is 347 g/mol. The van der Waals surface area contributed by atoms with Crippen molar-refractivity contribution >= 4 is 27.9 Å². The molecule has 1 unspecified atom stereocenters. The average Bonchev–Trinajstić information content (AvgIpc) is 2.39. The molecule has 0 radical (unpaired) electrons. The Morgan fingerprint density at radius 1 is 1.45 bits per heavy atom. The van der Waals surface area contributed by atoms with Crippen LogP contribution >= 0.6 is 15.9 Å². The zero-order valence-electron chi connectivity index (χ0n) is 11.2. The molecule has 1 aromatic rings. The quantitative estimate of drug-likeness (QED) is 0.766. The highest BCUT2D eigenvalue weighted by Crippen LogP contribution is 2.16. The monoisotopic (exact) mass is 346 g/mol. The number of benzene rings is 1. The molecule has 0 bridgehead atoms. The van der Waals surface area contributed by atoms with Gasteiger partial charge < -0.3 is 15.7 Å². The zero-order valence-corrected chi connectivity index (χ0v) is 12.8. The Morgan fingerprint density at radius 3 is 2.60 bits per heavy atom. The smallest absolute Gasteiger partial charge is 0.329 e. The summed E-state index contributed by atoms with van der Waals surface area (Å²) in [4.78, 5) is 22.7. The SMILES string of the molecule is CCC(C)(NC(=O)NCc1ccc(F)c(Br)c1)C(=O)O. The Bertz CT molecular complexity index is 524. The lowest BCUT2D eigenvalue weighted by atomic mass is 10.00. The van der Waals surface area contributed by atoms with Crippen molar-refractivity contribution in [2.24, 2.45) is 0 Å². The van der Waals surface area contributed by atoms with Gasteiger partial charge in [0.1, 0.15) is 11.4 Å². The summed E-state index contributed by atoms with van der Waals surface area (Å²) in [5.74, 6) is -1.48. The fraction of sp³-hybridized carbons (Fsp3) is 0.385. The van der Waals surface area contributed by atoms with Crippen molar-refractivity contribution in [3.05, 3.63) is 34.1 Å². The maximum absolute atomic E-state index is 13.0. The van der Waals surface area contributed by atoms with Crippen molar-refractivity contribution < 1.29 is 19.1 Å². The molecule has 0 saturated carbocycles. The van der Waals surface area contributed by atoms with Gasteiger partial charge in [0.2, 0.25) is 0 Å². The molecule has 0 spiro atoms. The Hall–Kier alpha value is -1.63. The number of hydrogen-bond donors (Lipinski definition) is 3. The van der Waals surface area contributed by atoms with Crippen molar-refractivity contribution in [3.63, 3.8) is 0 Å². The third-order valence-electron chi connectivity index (χ3n) is 3.01. The van der Waals surface area contributed by atoms with E-state index in [0.29, 0.717) is 10.0 Å². The van der Waals surface area contributed by atoms with Crippen LogP contribution in [0.2, 0.25) is 0 Å². The molecule has 1 atom stereocenters. The van der Waals surface area contributed by atoms with Crippen LogP contribution in [0, 0.1) is 5.82 Å². The molecule has 0 heterocycles. The normalized spacial score (nSPS) is 13.4. The molecule has 0 aliphatic carbocycles. The maximum Gasteiger partial charge on any atom is 0.329 e. The molecule has 1 rings (SSSR count). The van der Waals surface area contributed by atoms with E-state index >= 15 is 0 Å². The predicted molar refractivity (Wildman–Crippen MR) is 75.8 cm³/mol. The highest BCUT2D eigenvalue weighted by Gasteiger charge is 2.32. The zero-order chi connectivity index (χ0) is 15.3. The number of amides is 2. The van der Waals surface area contributed by atoms with Gasteiger partial charge in [-0.25, -0.2) is 14.0 Å². The molecular weight excluding hydrogens is 331 g/mol. The van der Waals surface area contributed by atoms with Gasteiger partial charge >= 0.3 is 12.0 Å². The van der Waals surface area contributed by atoms with Crippen LogP contribution in [0.5, 0.6) is 0 Å². The van der Waals surface area contributed by atoms with Crippen LogP contribution in [0.15, 0.2) is 22.7 Å². The van der Waals surface area contributed by atoms with Gasteiger partial charge in [-0.1, -0.05) is 13.0 Å². The van der Waals surface area contributed by atoms with Crippen LogP contribution in [0.3, 0.4) is 0 Å². The van der Waals surface area contributed by atoms with Gasteiger partial charge in [-0.05, 0) is 47.0 Å². The highest BCUT2D eigenvalue weighted by atomic mass is 79.9. The van der Waals surface area contributed by atoms with Gasteiger partial charge in [-0.3, -0.25) is 0 Å². The van der Waals surface area contributed by atoms with Crippen molar-refractivity contribution in [3.8, 4) is 0 Å². The first kappa shape index (κ1) is 16.4. The Balaban J connectivity index is 2.59. The second-order valence-corrected chi connectivity index (χ2v) is 5.40. The first-order valence-electron chi connectivity index (χ1n) is 6.02. The summed E-state index contributed by atoms with van der Waals surface area (Å²) in [6.07, 6.45) is 0.262. The van der Waals surface area contributed by atoms with E-state index in [4.69, 9.17) is 5.11 Å². The van der Waals surface area contributed by atoms with Gasteiger partial charge in [0, 0.05) is 6.54 Å². The van der Waals surface area contributed by atoms with Crippen LogP contribution in [-0.2, 0) is 11.3 Å². The van der Waals surface area contributed by atoms with Crippen LogP contribution < -0.4 is 10.6 Å². The minimum absolute atomic E-state index is 0.171. The second-order valence-electron chi connectivity index (χ2n) is 4.55. The molecule has 1 aromatic carbocycles. The molecule has 0 aliphatic rings. The molecule has 0 aliphatic heterocycles. The van der Waals surface area contributed by atoms with E-state index in [2.05, 4.69) is 26.6 Å². The molecule has 5 nitrogen and oxygen atoms in total. The van der Waals surface area contributed by atoms with Crippen LogP contribution in [-0.4, -0.2) is 22.6 Å². The second kappa shape index (κ2) is 6.69. The van der Waals surface area contributed by atoms with Crippen LogP contribution in [0.25, 0.3) is 0 Å². The summed E-state index contributed by atoms with van der Waals surface area (Å²) in [5, 5.41) is 14.0. The molecule has 0 saturated heterocycles. The summed E-state index contributed by atoms with van der Waals surface area (Å²) >= 11 is 3.05. The molecular formula is C13H16BrFN2O3. The summed E-state index contributed by atoms with van der Waals surface area (Å²) < 4.78 is 13.3. The minimum atomic E-state index is -1.31. The standard InChI is InChI=1S/C13H16BrFN2O3/c1-3-13(2,11(18)19)17-12(20)16-7-8-4-5-10(15)9(14)6-8/h4-6H,3,7H2,1-2H3,(H,18,19)(H2,16,17,20). The third kappa shape index (κ3) is 4.19. The fourth-order valence-corrected chi connectivity index (χ4v) is 1.85. The lowest BCUT2D eigenvalue weighted by Gasteiger charge is -2.24. The third-order valence-corrected chi connectivity index (χ3v) is 3.61. The Labute approximate surface area is 124 Å². The maximum atomic E-state index is 13.0. The number of nitrogens with one attached hydrogen (secondary N) is 2. The van der Waals surface area contributed by atoms with E-state index in [1.54, 1.807) is 13.0 Å². The van der Waals surface area contributed by atoms with Crippen molar-refractivity contribution in [2.45, 2.75) is 32.4 Å². The highest BCUT2D eigenvalue weighted by molar-refractivity contribution is 9.10. The molecule has 3 N–H and O–H groups in total. The number of carbonyl (C=O) groups excluding carboxylic acids is 1.